The van der Waals surface area contributed by atoms with Crippen molar-refractivity contribution in [1.29, 1.82) is 5.26 Å². The first kappa shape index (κ1) is 22.8. The van der Waals surface area contributed by atoms with Crippen LogP contribution in [-0.2, 0) is 4.79 Å². The topological polar surface area (TPSA) is 101 Å². The Balaban J connectivity index is 1.27. The number of aromatic nitrogens is 1. The van der Waals surface area contributed by atoms with E-state index in [4.69, 9.17) is 4.98 Å². The molecule has 5 rings (SSSR count). The molecule has 1 saturated carbocycles. The summed E-state index contributed by atoms with van der Waals surface area (Å²) in [5.74, 6) is 1.13. The molecular weight excluding hydrogens is 444 g/mol. The van der Waals surface area contributed by atoms with Crippen molar-refractivity contribution in [1.82, 2.24) is 14.8 Å². The number of urea groups is 1. The summed E-state index contributed by atoms with van der Waals surface area (Å²) in [6.45, 7) is 6.52. The highest BCUT2D eigenvalue weighted by atomic mass is 16.2. The average Bonchev–Trinajstić information content (AvgIpc) is 3.64. The van der Waals surface area contributed by atoms with E-state index in [2.05, 4.69) is 24.0 Å². The van der Waals surface area contributed by atoms with Gasteiger partial charge in [0.15, 0.2) is 0 Å². The number of pyridine rings is 1. The Morgan fingerprint density at radius 3 is 2.40 bits per heavy atom. The number of anilines is 2. The number of hydrogen-bond donors (Lipinski definition) is 0. The molecule has 2 aliphatic heterocycles. The molecule has 1 aromatic carbocycles. The van der Waals surface area contributed by atoms with Crippen LogP contribution in [0.1, 0.15) is 52.7 Å². The molecule has 3 aliphatic rings. The minimum Gasteiger partial charge on any atom is -0.353 e. The molecule has 0 N–H and O–H groups in total. The molecule has 180 valence electrons. The van der Waals surface area contributed by atoms with Crippen LogP contribution in [0.25, 0.3) is 0 Å². The first-order chi connectivity index (χ1) is 16.9. The number of nitriles is 1. The third kappa shape index (κ3) is 4.32. The van der Waals surface area contributed by atoms with Gasteiger partial charge in [-0.25, -0.2) is 9.78 Å². The largest absolute Gasteiger partial charge is 0.353 e. The summed E-state index contributed by atoms with van der Waals surface area (Å²) >= 11 is 0. The molecule has 2 saturated heterocycles. The summed E-state index contributed by atoms with van der Waals surface area (Å²) in [7, 11) is 0. The van der Waals surface area contributed by atoms with Crippen molar-refractivity contribution < 1.29 is 14.4 Å². The van der Waals surface area contributed by atoms with Gasteiger partial charge in [0, 0.05) is 58.1 Å². The number of hydrogen-bond acceptors (Lipinski definition) is 6. The zero-order valence-electron chi connectivity index (χ0n) is 20.0. The highest BCUT2D eigenvalue weighted by Crippen LogP contribution is 2.40. The van der Waals surface area contributed by atoms with Gasteiger partial charge in [-0.3, -0.25) is 19.4 Å². The minimum absolute atomic E-state index is 0.195. The van der Waals surface area contributed by atoms with Gasteiger partial charge in [0.1, 0.15) is 11.9 Å². The summed E-state index contributed by atoms with van der Waals surface area (Å²) in [5, 5.41) is 9.72. The zero-order valence-corrected chi connectivity index (χ0v) is 20.0. The first-order valence-corrected chi connectivity index (χ1v) is 12.0. The third-order valence-electron chi connectivity index (χ3n) is 7.04. The van der Waals surface area contributed by atoms with Gasteiger partial charge in [-0.1, -0.05) is 6.07 Å². The second kappa shape index (κ2) is 9.02. The molecule has 0 atom stereocenters. The van der Waals surface area contributed by atoms with Gasteiger partial charge in [-0.15, -0.1) is 0 Å². The first-order valence-electron chi connectivity index (χ1n) is 12.0. The van der Waals surface area contributed by atoms with Crippen LogP contribution in [0.5, 0.6) is 0 Å². The van der Waals surface area contributed by atoms with E-state index in [0.717, 1.165) is 11.4 Å². The second-order valence-electron chi connectivity index (χ2n) is 9.41. The fourth-order valence-electron chi connectivity index (χ4n) is 4.90. The number of rotatable bonds is 4. The maximum atomic E-state index is 13.3. The fraction of sp³-hybridized carbons (Fsp3) is 0.423. The van der Waals surface area contributed by atoms with E-state index in [0.29, 0.717) is 56.4 Å². The Labute approximate surface area is 204 Å². The van der Waals surface area contributed by atoms with Gasteiger partial charge in [-0.2, -0.15) is 5.26 Å². The van der Waals surface area contributed by atoms with Crippen LogP contribution < -0.4 is 9.80 Å². The molecule has 3 heterocycles. The monoisotopic (exact) mass is 472 g/mol. The summed E-state index contributed by atoms with van der Waals surface area (Å²) in [6, 6.07) is 8.76. The van der Waals surface area contributed by atoms with Crippen molar-refractivity contribution in [2.24, 2.45) is 0 Å². The average molecular weight is 473 g/mol. The van der Waals surface area contributed by atoms with E-state index in [1.165, 1.54) is 35.1 Å². The highest BCUT2D eigenvalue weighted by molar-refractivity contribution is 6.04. The van der Waals surface area contributed by atoms with E-state index < -0.39 is 6.03 Å². The summed E-state index contributed by atoms with van der Waals surface area (Å²) < 4.78 is 0. The van der Waals surface area contributed by atoms with Crippen molar-refractivity contribution in [2.75, 3.05) is 49.1 Å². The van der Waals surface area contributed by atoms with Crippen LogP contribution in [0, 0.1) is 18.3 Å². The van der Waals surface area contributed by atoms with Crippen molar-refractivity contribution in [3.05, 3.63) is 52.7 Å². The Morgan fingerprint density at radius 2 is 1.80 bits per heavy atom. The van der Waals surface area contributed by atoms with Crippen LogP contribution in [0.3, 0.4) is 0 Å². The van der Waals surface area contributed by atoms with Gasteiger partial charge in [0.25, 0.3) is 5.91 Å². The van der Waals surface area contributed by atoms with Crippen molar-refractivity contribution in [2.45, 2.75) is 32.6 Å². The Morgan fingerprint density at radius 1 is 1.06 bits per heavy atom. The van der Waals surface area contributed by atoms with E-state index in [-0.39, 0.29) is 17.4 Å². The zero-order chi connectivity index (χ0) is 24.7. The van der Waals surface area contributed by atoms with E-state index in [9.17, 15) is 19.6 Å². The molecular formula is C26H28N6O3. The van der Waals surface area contributed by atoms with Crippen molar-refractivity contribution in [3.8, 4) is 6.07 Å². The number of carbonyl (C=O) groups is 3. The number of nitrogens with zero attached hydrogens (tertiary/aromatic N) is 6. The lowest BCUT2D eigenvalue weighted by Gasteiger charge is -2.36. The van der Waals surface area contributed by atoms with Crippen LogP contribution in [0.2, 0.25) is 0 Å². The maximum absolute atomic E-state index is 13.3. The molecule has 35 heavy (non-hydrogen) atoms. The van der Waals surface area contributed by atoms with Crippen LogP contribution in [0.4, 0.5) is 16.3 Å². The molecule has 2 aromatic rings. The second-order valence-corrected chi connectivity index (χ2v) is 9.41. The van der Waals surface area contributed by atoms with Crippen molar-refractivity contribution >= 4 is 29.4 Å². The number of imide groups is 1. The highest BCUT2D eigenvalue weighted by Gasteiger charge is 2.33. The van der Waals surface area contributed by atoms with E-state index in [1.54, 1.807) is 23.1 Å². The lowest BCUT2D eigenvalue weighted by Crippen LogP contribution is -2.49. The molecule has 0 spiro atoms. The lowest BCUT2D eigenvalue weighted by molar-refractivity contribution is -0.125. The van der Waals surface area contributed by atoms with Gasteiger partial charge in [0.05, 0.1) is 11.1 Å². The number of benzene rings is 1. The summed E-state index contributed by atoms with van der Waals surface area (Å²) in [5.41, 5.74) is 3.53. The predicted octanol–water partition coefficient (Wildman–Crippen LogP) is 2.89. The van der Waals surface area contributed by atoms with Gasteiger partial charge in [-0.05, 0) is 55.0 Å². The van der Waals surface area contributed by atoms with Crippen molar-refractivity contribution in [3.63, 3.8) is 0 Å². The Kier molecular flexibility index (Phi) is 5.89. The number of carbonyl (C=O) groups excluding carboxylic acids is 3. The van der Waals surface area contributed by atoms with Crippen LogP contribution in [0.15, 0.2) is 30.5 Å². The number of amides is 4. The van der Waals surface area contributed by atoms with E-state index >= 15 is 0 Å². The van der Waals surface area contributed by atoms with Gasteiger partial charge < -0.3 is 9.80 Å². The Hall–Kier alpha value is -3.93. The van der Waals surface area contributed by atoms with Gasteiger partial charge in [0.2, 0.25) is 5.91 Å². The molecule has 1 aliphatic carbocycles. The molecule has 9 heteroatoms. The molecule has 0 bridgehead atoms. The molecule has 0 radical (unpaired) electrons. The maximum Gasteiger partial charge on any atom is 0.331 e. The fourth-order valence-corrected chi connectivity index (χ4v) is 4.90. The molecule has 9 nitrogen and oxygen atoms in total. The van der Waals surface area contributed by atoms with Crippen LogP contribution in [-0.4, -0.2) is 71.9 Å². The summed E-state index contributed by atoms with van der Waals surface area (Å²) in [6.07, 6.45) is 4.48. The quantitative estimate of drug-likeness (QED) is 0.678. The number of aryl methyl sites for hydroxylation is 1. The smallest absolute Gasteiger partial charge is 0.331 e. The SMILES string of the molecule is CC(=O)N1CCN(c2ccc(C(=O)N3CCN(c4ncc(C5CC5)cc4C)CC3)c(C#N)c2)C1=O. The third-order valence-corrected chi connectivity index (χ3v) is 7.04. The molecule has 3 fully saturated rings. The van der Waals surface area contributed by atoms with E-state index in [1.807, 2.05) is 6.20 Å². The van der Waals surface area contributed by atoms with Gasteiger partial charge >= 0.3 is 6.03 Å². The standard InChI is InChI=1S/C26H28N6O3/c1-17-13-21(19-3-4-19)16-28-24(17)29-7-9-30(10-8-29)25(34)23-6-5-22(14-20(23)15-27)32-12-11-31(18(2)33)26(32)35/h5-6,13-14,16,19H,3-4,7-12H2,1-2H3. The normalized spacial score (nSPS) is 18.1. The molecule has 1 aromatic heterocycles. The number of piperazine rings is 1. The predicted molar refractivity (Wildman–Crippen MR) is 130 cm³/mol. The Bertz CT molecular complexity index is 1240. The van der Waals surface area contributed by atoms with Crippen LogP contribution >= 0.6 is 0 Å². The summed E-state index contributed by atoms with van der Waals surface area (Å²) in [4.78, 5) is 48.7. The minimum atomic E-state index is -0.411. The molecule has 0 unspecified atom stereocenters. The lowest BCUT2D eigenvalue weighted by atomic mass is 10.0. The molecule has 4 amide bonds.